The predicted molar refractivity (Wildman–Crippen MR) is 101 cm³/mol. The molecule has 0 saturated carbocycles. The summed E-state index contributed by atoms with van der Waals surface area (Å²) in [5, 5.41) is 3.95. The van der Waals surface area contributed by atoms with E-state index < -0.39 is 5.97 Å². The van der Waals surface area contributed by atoms with E-state index in [1.165, 1.54) is 0 Å². The molecule has 0 aliphatic rings. The molecular formula is C20H21N3O4. The van der Waals surface area contributed by atoms with Crippen LogP contribution in [-0.4, -0.2) is 36.8 Å². The average Bonchev–Trinajstić information content (AvgIpc) is 3.15. The summed E-state index contributed by atoms with van der Waals surface area (Å²) in [6, 6.07) is 14.6. The lowest BCUT2D eigenvalue weighted by Crippen LogP contribution is -2.11. The van der Waals surface area contributed by atoms with Crippen LogP contribution in [0.2, 0.25) is 0 Å². The first kappa shape index (κ1) is 18.4. The standard InChI is InChI=1S/C20H21N3O4/c1-4-25-17-11-6-5-10-16(17)19-21-18(27-22-19)13-26-20(24)14-8-7-9-15(12-14)23(2)3/h5-12H,4,13H2,1-3H3. The zero-order chi connectivity index (χ0) is 19.2. The molecule has 0 unspecified atom stereocenters. The molecule has 0 N–H and O–H groups in total. The molecule has 7 heteroatoms. The van der Waals surface area contributed by atoms with E-state index in [4.69, 9.17) is 14.0 Å². The van der Waals surface area contributed by atoms with Crippen molar-refractivity contribution in [3.8, 4) is 17.1 Å². The monoisotopic (exact) mass is 367 g/mol. The summed E-state index contributed by atoms with van der Waals surface area (Å²) in [7, 11) is 3.81. The average molecular weight is 367 g/mol. The maximum absolute atomic E-state index is 12.3. The van der Waals surface area contributed by atoms with E-state index in [9.17, 15) is 4.79 Å². The van der Waals surface area contributed by atoms with Crippen molar-refractivity contribution < 1.29 is 18.8 Å². The smallest absolute Gasteiger partial charge is 0.338 e. The molecule has 2 aromatic carbocycles. The lowest BCUT2D eigenvalue weighted by Gasteiger charge is -2.12. The zero-order valence-corrected chi connectivity index (χ0v) is 15.5. The predicted octanol–water partition coefficient (Wildman–Crippen LogP) is 3.56. The zero-order valence-electron chi connectivity index (χ0n) is 15.5. The second kappa shape index (κ2) is 8.35. The van der Waals surface area contributed by atoms with E-state index in [0.29, 0.717) is 23.7 Å². The molecule has 1 aromatic heterocycles. The van der Waals surface area contributed by atoms with Gasteiger partial charge >= 0.3 is 5.97 Å². The summed E-state index contributed by atoms with van der Waals surface area (Å²) >= 11 is 0. The van der Waals surface area contributed by atoms with Crippen LogP contribution in [0, 0.1) is 0 Å². The van der Waals surface area contributed by atoms with Crippen LogP contribution < -0.4 is 9.64 Å². The van der Waals surface area contributed by atoms with Crippen LogP contribution in [0.3, 0.4) is 0 Å². The Morgan fingerprint density at radius 1 is 1.15 bits per heavy atom. The minimum atomic E-state index is -0.451. The number of nitrogens with zero attached hydrogens (tertiary/aromatic N) is 3. The van der Waals surface area contributed by atoms with Crippen molar-refractivity contribution in [1.82, 2.24) is 10.1 Å². The summed E-state index contributed by atoms with van der Waals surface area (Å²) in [5.41, 5.74) is 2.10. The van der Waals surface area contributed by atoms with E-state index in [1.807, 2.05) is 56.3 Å². The highest BCUT2D eigenvalue weighted by atomic mass is 16.6. The van der Waals surface area contributed by atoms with Crippen molar-refractivity contribution >= 4 is 11.7 Å². The van der Waals surface area contributed by atoms with Crippen LogP contribution in [-0.2, 0) is 11.3 Å². The third-order valence-electron chi connectivity index (χ3n) is 3.82. The number of benzene rings is 2. The van der Waals surface area contributed by atoms with Gasteiger partial charge in [0, 0.05) is 19.8 Å². The third-order valence-corrected chi connectivity index (χ3v) is 3.82. The number of carbonyl (C=O) groups excluding carboxylic acids is 1. The number of anilines is 1. The van der Waals surface area contributed by atoms with Crippen LogP contribution in [0.5, 0.6) is 5.75 Å². The number of rotatable bonds is 7. The lowest BCUT2D eigenvalue weighted by molar-refractivity contribution is 0.0430. The van der Waals surface area contributed by atoms with Gasteiger partial charge in [0.2, 0.25) is 5.82 Å². The number of ether oxygens (including phenoxy) is 2. The Kier molecular flexibility index (Phi) is 5.71. The molecule has 27 heavy (non-hydrogen) atoms. The first-order chi connectivity index (χ1) is 13.1. The van der Waals surface area contributed by atoms with E-state index in [1.54, 1.807) is 18.2 Å². The second-order valence-corrected chi connectivity index (χ2v) is 5.96. The molecule has 3 aromatic rings. The Morgan fingerprint density at radius 2 is 1.96 bits per heavy atom. The van der Waals surface area contributed by atoms with Gasteiger partial charge in [-0.2, -0.15) is 4.98 Å². The molecule has 3 rings (SSSR count). The molecule has 0 radical (unpaired) electrons. The van der Waals surface area contributed by atoms with E-state index in [-0.39, 0.29) is 12.5 Å². The first-order valence-electron chi connectivity index (χ1n) is 8.57. The summed E-state index contributed by atoms with van der Waals surface area (Å²) < 4.78 is 16.1. The SMILES string of the molecule is CCOc1ccccc1-c1noc(COC(=O)c2cccc(N(C)C)c2)n1. The maximum Gasteiger partial charge on any atom is 0.338 e. The van der Waals surface area contributed by atoms with Gasteiger partial charge in [-0.25, -0.2) is 4.79 Å². The fourth-order valence-corrected chi connectivity index (χ4v) is 2.48. The molecule has 7 nitrogen and oxygen atoms in total. The fraction of sp³-hybridized carbons (Fsp3) is 0.250. The van der Waals surface area contributed by atoms with Crippen molar-refractivity contribution in [2.75, 3.05) is 25.6 Å². The van der Waals surface area contributed by atoms with E-state index >= 15 is 0 Å². The van der Waals surface area contributed by atoms with Crippen molar-refractivity contribution in [2.24, 2.45) is 0 Å². The summed E-state index contributed by atoms with van der Waals surface area (Å²) in [4.78, 5) is 18.5. The number of para-hydroxylation sites is 1. The minimum Gasteiger partial charge on any atom is -0.493 e. The summed E-state index contributed by atoms with van der Waals surface area (Å²) in [6.45, 7) is 2.34. The Hall–Kier alpha value is -3.35. The number of hydrogen-bond donors (Lipinski definition) is 0. The van der Waals surface area contributed by atoms with Gasteiger partial charge in [-0.05, 0) is 37.3 Å². The molecule has 0 fully saturated rings. The van der Waals surface area contributed by atoms with Crippen LogP contribution >= 0.6 is 0 Å². The normalized spacial score (nSPS) is 10.5. The first-order valence-corrected chi connectivity index (χ1v) is 8.57. The molecule has 0 aliphatic carbocycles. The maximum atomic E-state index is 12.3. The molecule has 0 amide bonds. The summed E-state index contributed by atoms with van der Waals surface area (Å²) in [5.74, 6) is 0.825. The van der Waals surface area contributed by atoms with E-state index in [0.717, 1.165) is 11.3 Å². The van der Waals surface area contributed by atoms with Gasteiger partial charge in [0.1, 0.15) is 5.75 Å². The van der Waals surface area contributed by atoms with Crippen LogP contribution in [0.25, 0.3) is 11.4 Å². The lowest BCUT2D eigenvalue weighted by atomic mass is 10.2. The second-order valence-electron chi connectivity index (χ2n) is 5.96. The topological polar surface area (TPSA) is 77.7 Å². The minimum absolute atomic E-state index is 0.102. The van der Waals surface area contributed by atoms with Gasteiger partial charge in [-0.1, -0.05) is 23.4 Å². The van der Waals surface area contributed by atoms with Crippen molar-refractivity contribution in [1.29, 1.82) is 0 Å². The fourth-order valence-electron chi connectivity index (χ4n) is 2.48. The number of carbonyl (C=O) groups is 1. The molecule has 0 saturated heterocycles. The molecule has 0 spiro atoms. The third kappa shape index (κ3) is 4.44. The van der Waals surface area contributed by atoms with Crippen LogP contribution in [0.1, 0.15) is 23.2 Å². The van der Waals surface area contributed by atoms with Gasteiger partial charge in [0.25, 0.3) is 5.89 Å². The molecule has 0 aliphatic heterocycles. The molecule has 0 bridgehead atoms. The Bertz CT molecular complexity index is 921. The largest absolute Gasteiger partial charge is 0.493 e. The van der Waals surface area contributed by atoms with Crippen molar-refractivity contribution in [3.05, 3.63) is 60.0 Å². The van der Waals surface area contributed by atoms with Gasteiger partial charge in [0.15, 0.2) is 6.61 Å². The summed E-state index contributed by atoms with van der Waals surface area (Å²) in [6.07, 6.45) is 0. The van der Waals surface area contributed by atoms with Crippen molar-refractivity contribution in [3.63, 3.8) is 0 Å². The van der Waals surface area contributed by atoms with Crippen LogP contribution in [0.15, 0.2) is 53.1 Å². The van der Waals surface area contributed by atoms with Crippen molar-refractivity contribution in [2.45, 2.75) is 13.5 Å². The molecule has 140 valence electrons. The Morgan fingerprint density at radius 3 is 2.74 bits per heavy atom. The van der Waals surface area contributed by atoms with E-state index in [2.05, 4.69) is 10.1 Å². The highest BCUT2D eigenvalue weighted by Crippen LogP contribution is 2.27. The van der Waals surface area contributed by atoms with Gasteiger partial charge in [-0.3, -0.25) is 0 Å². The van der Waals surface area contributed by atoms with Gasteiger partial charge in [0.05, 0.1) is 17.7 Å². The quantitative estimate of drug-likeness (QED) is 0.591. The number of aromatic nitrogens is 2. The number of hydrogen-bond acceptors (Lipinski definition) is 7. The van der Waals surface area contributed by atoms with Gasteiger partial charge < -0.3 is 18.9 Å². The highest BCUT2D eigenvalue weighted by molar-refractivity contribution is 5.90. The van der Waals surface area contributed by atoms with Gasteiger partial charge in [-0.15, -0.1) is 0 Å². The molecule has 1 heterocycles. The van der Waals surface area contributed by atoms with Crippen LogP contribution in [0.4, 0.5) is 5.69 Å². The Labute approximate surface area is 157 Å². The molecular weight excluding hydrogens is 346 g/mol. The Balaban J connectivity index is 1.68. The number of esters is 1. The highest BCUT2D eigenvalue weighted by Gasteiger charge is 2.15. The molecule has 0 atom stereocenters.